The van der Waals surface area contributed by atoms with Gasteiger partial charge >= 0.3 is 17.9 Å². The van der Waals surface area contributed by atoms with Crippen molar-refractivity contribution in [2.24, 2.45) is 0 Å². The number of likely N-dealkylation sites (tertiary alicyclic amines) is 1. The number of carboxylic acids is 3. The number of carbonyl (C=O) groups excluding carboxylic acids is 1. The lowest BCUT2D eigenvalue weighted by molar-refractivity contribution is -0.170. The molecule has 1 saturated heterocycles. The van der Waals surface area contributed by atoms with Crippen LogP contribution in [0.25, 0.3) is 16.8 Å². The highest BCUT2D eigenvalue weighted by atomic mass is 35.5. The molecule has 58 heavy (non-hydrogen) atoms. The van der Waals surface area contributed by atoms with Crippen molar-refractivity contribution in [3.05, 3.63) is 117 Å². The fourth-order valence-electron chi connectivity index (χ4n) is 7.23. The Bertz CT molecular complexity index is 2190. The van der Waals surface area contributed by atoms with Crippen molar-refractivity contribution in [2.75, 3.05) is 39.5 Å². The second-order valence-electron chi connectivity index (χ2n) is 14.2. The van der Waals surface area contributed by atoms with Crippen molar-refractivity contribution >= 4 is 75.0 Å². The normalized spacial score (nSPS) is 14.4. The summed E-state index contributed by atoms with van der Waals surface area (Å²) in [6, 6.07) is 25.5. The average Bonchev–Trinajstić information content (AvgIpc) is 3.19. The smallest absolute Gasteiger partial charge is 0.336 e. The summed E-state index contributed by atoms with van der Waals surface area (Å²) in [5, 5.41) is 46.3. The molecule has 306 valence electrons. The Kier molecular flexibility index (Phi) is 16.3. The van der Waals surface area contributed by atoms with Gasteiger partial charge in [0.1, 0.15) is 6.26 Å². The largest absolute Gasteiger partial charge is 0.612 e. The summed E-state index contributed by atoms with van der Waals surface area (Å²) in [6.07, 6.45) is 3.90. The number of aliphatic hydroxyl groups is 1. The molecule has 1 heterocycles. The lowest BCUT2D eigenvalue weighted by Crippen LogP contribution is -2.42. The van der Waals surface area contributed by atoms with Crippen LogP contribution < -0.4 is 0 Å². The Morgan fingerprint density at radius 3 is 2.19 bits per heavy atom. The van der Waals surface area contributed by atoms with Crippen LogP contribution >= 0.6 is 23.2 Å². The number of aliphatic carboxylic acids is 3. The number of nitrogens with zero attached hydrogens (tertiary/aromatic N) is 3. The van der Waals surface area contributed by atoms with Crippen LogP contribution in [0.2, 0.25) is 10.0 Å². The van der Waals surface area contributed by atoms with Gasteiger partial charge in [-0.05, 0) is 96.6 Å². The zero-order valence-electron chi connectivity index (χ0n) is 32.1. The summed E-state index contributed by atoms with van der Waals surface area (Å²) in [5.41, 5.74) is 0.965. The highest BCUT2D eigenvalue weighted by molar-refractivity contribution is 7.90. The molecule has 4 aromatic rings. The zero-order valence-corrected chi connectivity index (χ0v) is 34.4. The van der Waals surface area contributed by atoms with Gasteiger partial charge in [-0.3, -0.25) is 14.4 Å². The molecule has 0 spiro atoms. The first-order chi connectivity index (χ1) is 27.5. The Hall–Kier alpha value is -4.94. The van der Waals surface area contributed by atoms with Gasteiger partial charge in [-0.2, -0.15) is 5.26 Å². The molecule has 0 aliphatic carbocycles. The summed E-state index contributed by atoms with van der Waals surface area (Å²) >= 11 is 11.7. The number of hydrogen-bond acceptors (Lipinski definition) is 8. The molecule has 0 saturated carbocycles. The highest BCUT2D eigenvalue weighted by Crippen LogP contribution is 2.35. The SMILES string of the molecule is C=Cc1c(C#N)cc2ccccc2c1C(=O)N(C)CC(CCN1CCC(c2ccccc2[S@+](C)[O-])CC1)c1ccc(Cl)c(Cl)c1.O=C(O)CC(O)(CC(=O)O)C(=O)O. The lowest BCUT2D eigenvalue weighted by Gasteiger charge is -2.34. The van der Waals surface area contributed by atoms with Crippen molar-refractivity contribution in [1.29, 1.82) is 5.26 Å². The van der Waals surface area contributed by atoms with E-state index in [1.165, 1.54) is 5.56 Å². The summed E-state index contributed by atoms with van der Waals surface area (Å²) in [5.74, 6) is -4.77. The second kappa shape index (κ2) is 20.7. The number of nitriles is 1. The molecule has 1 aliphatic heterocycles. The molecule has 1 unspecified atom stereocenters. The number of amides is 1. The molecule has 0 aromatic heterocycles. The zero-order chi connectivity index (χ0) is 42.7. The first-order valence-electron chi connectivity index (χ1n) is 18.3. The van der Waals surface area contributed by atoms with E-state index >= 15 is 0 Å². The molecule has 1 amide bonds. The van der Waals surface area contributed by atoms with Crippen LogP contribution in [0.3, 0.4) is 0 Å². The molecule has 12 nitrogen and oxygen atoms in total. The Labute approximate surface area is 350 Å². The quantitative estimate of drug-likeness (QED) is 0.0876. The maximum atomic E-state index is 14.1. The second-order valence-corrected chi connectivity index (χ2v) is 16.3. The summed E-state index contributed by atoms with van der Waals surface area (Å²) in [6.45, 7) is 7.16. The molecule has 5 rings (SSSR count). The molecule has 4 aromatic carbocycles. The summed E-state index contributed by atoms with van der Waals surface area (Å²) in [7, 11) is 1.81. The van der Waals surface area contributed by atoms with Gasteiger partial charge in [-0.25, -0.2) is 4.79 Å². The van der Waals surface area contributed by atoms with E-state index in [9.17, 15) is 29.0 Å². The van der Waals surface area contributed by atoms with Gasteiger partial charge in [-0.15, -0.1) is 0 Å². The van der Waals surface area contributed by atoms with Gasteiger partial charge in [-0.1, -0.05) is 84.4 Å². The molecular weight excluding hydrogens is 805 g/mol. The maximum absolute atomic E-state index is 14.1. The van der Waals surface area contributed by atoms with Crippen molar-refractivity contribution in [2.45, 2.75) is 54.4 Å². The molecule has 1 aliphatic rings. The summed E-state index contributed by atoms with van der Waals surface area (Å²) in [4.78, 5) is 49.8. The minimum Gasteiger partial charge on any atom is -0.612 e. The van der Waals surface area contributed by atoms with Gasteiger partial charge in [0, 0.05) is 30.6 Å². The van der Waals surface area contributed by atoms with Crippen molar-refractivity contribution in [3.63, 3.8) is 0 Å². The van der Waals surface area contributed by atoms with E-state index in [0.717, 1.165) is 60.1 Å². The van der Waals surface area contributed by atoms with Gasteiger partial charge in [0.05, 0.1) is 40.1 Å². The van der Waals surface area contributed by atoms with E-state index in [1.807, 2.05) is 73.8 Å². The first-order valence-corrected chi connectivity index (χ1v) is 20.6. The lowest BCUT2D eigenvalue weighted by atomic mass is 9.88. The molecule has 4 N–H and O–H groups in total. The van der Waals surface area contributed by atoms with E-state index in [-0.39, 0.29) is 11.8 Å². The third-order valence-corrected chi connectivity index (χ3v) is 11.9. The fraction of sp³-hybridized carbons (Fsp3) is 0.326. The standard InChI is InChI=1S/C37H37Cl2N3O2S.C6H8O7/c1-4-30-29(23-40)21-27-9-5-6-11-32(27)36(30)37(43)41(2)24-28(26-13-14-33(38)34(39)22-26)17-20-42-18-15-25(16-19-42)31-10-7-8-12-35(31)45(3)44;7-3(8)1-6(13,5(11)12)2-4(9)10/h4-14,21-22,25,28H,1,15-20,24H2,2-3H3;13H,1-2H2,(H,7,8)(H,9,10)(H,11,12)/t28?,45-;/m0./s1. The van der Waals surface area contributed by atoms with Crippen LogP contribution in [0.15, 0.2) is 84.3 Å². The van der Waals surface area contributed by atoms with Crippen LogP contribution in [0.5, 0.6) is 0 Å². The Morgan fingerprint density at radius 2 is 1.62 bits per heavy atom. The predicted molar refractivity (Wildman–Crippen MR) is 224 cm³/mol. The minimum atomic E-state index is -2.74. The van der Waals surface area contributed by atoms with Crippen LogP contribution in [0.4, 0.5) is 0 Å². The number of likely N-dealkylation sites (N-methyl/N-ethyl adjacent to an activating group) is 1. The van der Waals surface area contributed by atoms with E-state index in [4.69, 9.17) is 43.6 Å². The van der Waals surface area contributed by atoms with Crippen LogP contribution in [0.1, 0.15) is 76.6 Å². The molecule has 2 atom stereocenters. The third kappa shape index (κ3) is 11.6. The number of rotatable bonds is 15. The minimum absolute atomic E-state index is 0.00673. The maximum Gasteiger partial charge on any atom is 0.336 e. The summed E-state index contributed by atoms with van der Waals surface area (Å²) < 4.78 is 12.3. The van der Waals surface area contributed by atoms with E-state index in [2.05, 4.69) is 23.6 Å². The third-order valence-electron chi connectivity index (χ3n) is 10.2. The Balaban J connectivity index is 0.000000492. The number of fused-ring (bicyclic) bond motifs is 1. The number of benzene rings is 4. The Morgan fingerprint density at radius 1 is 1.00 bits per heavy atom. The van der Waals surface area contributed by atoms with E-state index in [0.29, 0.717) is 39.2 Å². The number of carboxylic acid groups (broad SMARTS) is 3. The predicted octanol–water partition coefficient (Wildman–Crippen LogP) is 7.28. The molecule has 1 fully saturated rings. The van der Waals surface area contributed by atoms with E-state index in [1.54, 1.807) is 17.2 Å². The first kappa shape index (κ1) is 45.8. The molecule has 15 heteroatoms. The number of piperidine rings is 1. The number of carbonyl (C=O) groups is 4. The number of halogens is 2. The number of hydrogen-bond donors (Lipinski definition) is 4. The van der Waals surface area contributed by atoms with Crippen molar-refractivity contribution < 1.29 is 44.2 Å². The van der Waals surface area contributed by atoms with Gasteiger partial charge in [0.15, 0.2) is 10.5 Å². The van der Waals surface area contributed by atoms with Gasteiger partial charge in [0.2, 0.25) is 0 Å². The van der Waals surface area contributed by atoms with Crippen molar-refractivity contribution in [1.82, 2.24) is 9.80 Å². The highest BCUT2D eigenvalue weighted by Gasteiger charge is 2.41. The van der Waals surface area contributed by atoms with Gasteiger partial charge < -0.3 is 34.8 Å². The fourth-order valence-corrected chi connectivity index (χ4v) is 8.38. The van der Waals surface area contributed by atoms with Crippen LogP contribution in [-0.2, 0) is 25.6 Å². The topological polar surface area (TPSA) is 203 Å². The van der Waals surface area contributed by atoms with E-state index < -0.39 is 47.5 Å². The molecule has 0 bridgehead atoms. The van der Waals surface area contributed by atoms with Crippen molar-refractivity contribution in [3.8, 4) is 6.07 Å². The average molecular weight is 851 g/mol. The molecular formula is C43H45Cl2N3O9S. The van der Waals surface area contributed by atoms with Gasteiger partial charge in [0.25, 0.3) is 5.91 Å². The molecule has 0 radical (unpaired) electrons. The monoisotopic (exact) mass is 849 g/mol. The van der Waals surface area contributed by atoms with Crippen LogP contribution in [0, 0.1) is 11.3 Å². The van der Waals surface area contributed by atoms with Crippen LogP contribution in [-0.4, -0.2) is 104 Å².